The lowest BCUT2D eigenvalue weighted by atomic mass is 10.1. The molecule has 0 amide bonds. The predicted octanol–water partition coefficient (Wildman–Crippen LogP) is 3.83. The highest BCUT2D eigenvalue weighted by Gasteiger charge is 2.30. The van der Waals surface area contributed by atoms with Crippen LogP contribution >= 0.6 is 7.60 Å². The molecule has 0 aliphatic carbocycles. The average Bonchev–Trinajstić information content (AvgIpc) is 2.52. The molecule has 0 radical (unpaired) electrons. The Bertz CT molecular complexity index is 611. The second-order valence-electron chi connectivity index (χ2n) is 4.08. The van der Waals surface area contributed by atoms with Crippen LogP contribution in [0, 0.1) is 11.3 Å². The molecule has 0 fully saturated rings. The predicted molar refractivity (Wildman–Crippen MR) is 84.0 cm³/mol. The van der Waals surface area contributed by atoms with Crippen molar-refractivity contribution in [3.63, 3.8) is 0 Å². The zero-order valence-electron chi connectivity index (χ0n) is 13.2. The maximum Gasteiger partial charge on any atom is 0.371 e. The summed E-state index contributed by atoms with van der Waals surface area (Å²) in [6.07, 6.45) is 1.44. The minimum absolute atomic E-state index is 0.0808. The molecule has 0 unspecified atom stereocenters. The fraction of sp³-hybridized carbons (Fsp3) is 0.400. The van der Waals surface area contributed by atoms with Crippen molar-refractivity contribution in [2.24, 2.45) is 0 Å². The van der Waals surface area contributed by atoms with Crippen LogP contribution in [0.4, 0.5) is 0 Å². The van der Waals surface area contributed by atoms with Gasteiger partial charge in [0.2, 0.25) is 0 Å². The molecule has 22 heavy (non-hydrogen) atoms. The molecule has 0 spiro atoms. The summed E-state index contributed by atoms with van der Waals surface area (Å²) in [6.45, 7) is 3.72. The summed E-state index contributed by atoms with van der Waals surface area (Å²) in [4.78, 5) is 0. The number of hydrogen-bond acceptors (Lipinski definition) is 6. The minimum Gasteiger partial charge on any atom is -0.497 e. The minimum atomic E-state index is -3.65. The monoisotopic (exact) mass is 325 g/mol. The maximum absolute atomic E-state index is 12.7. The highest BCUT2D eigenvalue weighted by molar-refractivity contribution is 7.59. The van der Waals surface area contributed by atoms with Crippen LogP contribution < -0.4 is 9.47 Å². The van der Waals surface area contributed by atoms with E-state index >= 15 is 0 Å². The first kappa shape index (κ1) is 18.2. The maximum atomic E-state index is 12.7. The van der Waals surface area contributed by atoms with Crippen LogP contribution in [0.3, 0.4) is 0 Å². The first-order chi connectivity index (χ1) is 10.5. The molecule has 1 aromatic carbocycles. The lowest BCUT2D eigenvalue weighted by Crippen LogP contribution is -1.98. The molecule has 0 atom stereocenters. The van der Waals surface area contributed by atoms with Crippen molar-refractivity contribution < 1.29 is 23.1 Å². The Morgan fingerprint density at radius 1 is 1.23 bits per heavy atom. The van der Waals surface area contributed by atoms with E-state index in [-0.39, 0.29) is 18.5 Å². The number of allylic oxidation sites excluding steroid dienone is 1. The summed E-state index contributed by atoms with van der Waals surface area (Å²) < 4.78 is 33.5. The number of nitriles is 1. The number of nitrogens with zero attached hydrogens (tertiary/aromatic N) is 1. The number of ether oxygens (including phenoxy) is 2. The van der Waals surface area contributed by atoms with Crippen LogP contribution in [0.5, 0.6) is 11.5 Å². The summed E-state index contributed by atoms with van der Waals surface area (Å²) in [5.41, 5.74) is 0.554. The Balaban J connectivity index is 3.37. The molecule has 0 aliphatic heterocycles. The zero-order valence-corrected chi connectivity index (χ0v) is 14.1. The number of benzene rings is 1. The SMILES string of the molecule is CCOP(=O)(OCC)/C(C#N)=C/c1cc(OC)ccc1OC. The van der Waals surface area contributed by atoms with E-state index in [2.05, 4.69) is 0 Å². The zero-order chi connectivity index (χ0) is 16.6. The Morgan fingerprint density at radius 3 is 2.32 bits per heavy atom. The van der Waals surface area contributed by atoms with Crippen molar-refractivity contribution in [1.82, 2.24) is 0 Å². The third-order valence-electron chi connectivity index (χ3n) is 2.74. The van der Waals surface area contributed by atoms with Crippen LogP contribution in [0.25, 0.3) is 6.08 Å². The van der Waals surface area contributed by atoms with Crippen LogP contribution in [0.1, 0.15) is 19.4 Å². The van der Waals surface area contributed by atoms with E-state index in [0.717, 1.165) is 0 Å². The van der Waals surface area contributed by atoms with Crippen LogP contribution in [-0.2, 0) is 13.6 Å². The molecule has 120 valence electrons. The van der Waals surface area contributed by atoms with Crippen LogP contribution in [0.15, 0.2) is 23.5 Å². The summed E-state index contributed by atoms with van der Waals surface area (Å²) in [6, 6.07) is 7.01. The molecular weight excluding hydrogens is 305 g/mol. The van der Waals surface area contributed by atoms with Crippen molar-refractivity contribution in [1.29, 1.82) is 5.26 Å². The van der Waals surface area contributed by atoms with Gasteiger partial charge in [-0.25, -0.2) is 0 Å². The molecule has 0 bridgehead atoms. The van der Waals surface area contributed by atoms with Gasteiger partial charge < -0.3 is 18.5 Å². The van der Waals surface area contributed by atoms with Gasteiger partial charge in [0.25, 0.3) is 0 Å². The number of hydrogen-bond donors (Lipinski definition) is 0. The molecule has 1 rings (SSSR count). The van der Waals surface area contributed by atoms with Gasteiger partial charge in [0.15, 0.2) is 0 Å². The van der Waals surface area contributed by atoms with E-state index in [4.69, 9.17) is 18.5 Å². The second kappa shape index (κ2) is 8.60. The van der Waals surface area contributed by atoms with E-state index in [9.17, 15) is 9.83 Å². The molecule has 0 N–H and O–H groups in total. The lowest BCUT2D eigenvalue weighted by molar-refractivity contribution is 0.227. The Morgan fingerprint density at radius 2 is 1.86 bits per heavy atom. The van der Waals surface area contributed by atoms with Crippen LogP contribution in [-0.4, -0.2) is 27.4 Å². The smallest absolute Gasteiger partial charge is 0.371 e. The van der Waals surface area contributed by atoms with E-state index in [1.165, 1.54) is 20.3 Å². The summed E-state index contributed by atoms with van der Waals surface area (Å²) in [5.74, 6) is 1.11. The second-order valence-corrected chi connectivity index (χ2v) is 6.08. The first-order valence-electron chi connectivity index (χ1n) is 6.78. The Hall–Kier alpha value is -1.80. The standard InChI is InChI=1S/C15H20NO5P/c1-5-20-22(17,21-6-2)14(11-16)10-12-9-13(18-3)7-8-15(12)19-4/h7-10H,5-6H2,1-4H3/b14-10+. The normalized spacial score (nSPS) is 11.9. The number of methoxy groups -OCH3 is 2. The molecule has 0 aromatic heterocycles. The molecular formula is C15H20NO5P. The van der Waals surface area contributed by atoms with Gasteiger partial charge in [0.05, 0.1) is 27.4 Å². The molecule has 1 aromatic rings. The Kier molecular flexibility index (Phi) is 7.13. The van der Waals surface area contributed by atoms with Gasteiger partial charge in [-0.15, -0.1) is 0 Å². The fourth-order valence-electron chi connectivity index (χ4n) is 1.79. The third-order valence-corrected chi connectivity index (χ3v) is 4.75. The molecule has 0 saturated heterocycles. The summed E-state index contributed by atoms with van der Waals surface area (Å²) in [7, 11) is -0.602. The van der Waals surface area contributed by atoms with Gasteiger partial charge in [-0.3, -0.25) is 4.57 Å². The van der Waals surface area contributed by atoms with Gasteiger partial charge in [-0.05, 0) is 38.1 Å². The summed E-state index contributed by atoms with van der Waals surface area (Å²) >= 11 is 0. The van der Waals surface area contributed by atoms with Crippen molar-refractivity contribution in [3.05, 3.63) is 29.1 Å². The number of rotatable bonds is 8. The fourth-order valence-corrected chi connectivity index (χ4v) is 3.24. The van der Waals surface area contributed by atoms with E-state index < -0.39 is 7.60 Å². The Labute approximate surface area is 130 Å². The van der Waals surface area contributed by atoms with Gasteiger partial charge in [0, 0.05) is 5.56 Å². The van der Waals surface area contributed by atoms with E-state index in [0.29, 0.717) is 17.1 Å². The highest BCUT2D eigenvalue weighted by Crippen LogP contribution is 2.56. The molecule has 0 saturated carbocycles. The van der Waals surface area contributed by atoms with Gasteiger partial charge in [0.1, 0.15) is 22.9 Å². The van der Waals surface area contributed by atoms with Crippen LogP contribution in [0.2, 0.25) is 0 Å². The van der Waals surface area contributed by atoms with E-state index in [1.807, 2.05) is 6.07 Å². The van der Waals surface area contributed by atoms with E-state index in [1.54, 1.807) is 32.0 Å². The average molecular weight is 325 g/mol. The van der Waals surface area contributed by atoms with Gasteiger partial charge in [-0.2, -0.15) is 5.26 Å². The lowest BCUT2D eigenvalue weighted by Gasteiger charge is -2.16. The quantitative estimate of drug-likeness (QED) is 0.534. The first-order valence-corrected chi connectivity index (χ1v) is 8.32. The molecule has 7 heteroatoms. The van der Waals surface area contributed by atoms with Gasteiger partial charge >= 0.3 is 7.60 Å². The van der Waals surface area contributed by atoms with Crippen molar-refractivity contribution in [2.75, 3.05) is 27.4 Å². The van der Waals surface area contributed by atoms with Gasteiger partial charge in [-0.1, -0.05) is 0 Å². The van der Waals surface area contributed by atoms with Crippen molar-refractivity contribution in [3.8, 4) is 17.6 Å². The largest absolute Gasteiger partial charge is 0.497 e. The molecule has 0 aliphatic rings. The van der Waals surface area contributed by atoms with Crippen molar-refractivity contribution in [2.45, 2.75) is 13.8 Å². The highest BCUT2D eigenvalue weighted by atomic mass is 31.2. The summed E-state index contributed by atoms with van der Waals surface area (Å²) in [5, 5.41) is 9.26. The third kappa shape index (κ3) is 4.35. The van der Waals surface area contributed by atoms with Crippen molar-refractivity contribution >= 4 is 13.7 Å². The molecule has 6 nitrogen and oxygen atoms in total. The molecule has 0 heterocycles. The topological polar surface area (TPSA) is 77.8 Å².